The van der Waals surface area contributed by atoms with Crippen LogP contribution < -0.4 is 4.74 Å². The molecule has 1 aliphatic heterocycles. The van der Waals surface area contributed by atoms with Crippen LogP contribution in [0.3, 0.4) is 0 Å². The van der Waals surface area contributed by atoms with Crippen molar-refractivity contribution in [3.8, 4) is 5.75 Å². The van der Waals surface area contributed by atoms with Gasteiger partial charge in [-0.2, -0.15) is 13.2 Å². The molecule has 27 heavy (non-hydrogen) atoms. The topological polar surface area (TPSA) is 32.8 Å². The highest BCUT2D eigenvalue weighted by atomic mass is 19.4. The normalized spacial score (nSPS) is 15.6. The summed E-state index contributed by atoms with van der Waals surface area (Å²) in [5, 5.41) is 0. The van der Waals surface area contributed by atoms with Gasteiger partial charge >= 0.3 is 6.18 Å². The van der Waals surface area contributed by atoms with Gasteiger partial charge in [-0.05, 0) is 29.8 Å². The van der Waals surface area contributed by atoms with Crippen LogP contribution in [0.15, 0.2) is 54.6 Å². The molecule has 0 aliphatic carbocycles. The Morgan fingerprint density at radius 1 is 0.926 bits per heavy atom. The summed E-state index contributed by atoms with van der Waals surface area (Å²) in [6.45, 7) is 3.46. The lowest BCUT2D eigenvalue weighted by molar-refractivity contribution is -0.138. The fourth-order valence-corrected chi connectivity index (χ4v) is 2.97. The first-order chi connectivity index (χ1) is 12.9. The molecule has 0 unspecified atom stereocenters. The lowest BCUT2D eigenvalue weighted by atomic mass is 10.2. The Hall–Kier alpha value is -2.54. The van der Waals surface area contributed by atoms with E-state index < -0.39 is 11.7 Å². The van der Waals surface area contributed by atoms with Crippen LogP contribution in [0.2, 0.25) is 0 Å². The molecular formula is C20H21F3N2O2. The molecule has 0 radical (unpaired) electrons. The van der Waals surface area contributed by atoms with E-state index in [4.69, 9.17) is 4.74 Å². The molecule has 1 amide bonds. The van der Waals surface area contributed by atoms with Crippen LogP contribution >= 0.6 is 0 Å². The first-order valence-electron chi connectivity index (χ1n) is 8.76. The molecule has 144 valence electrons. The molecule has 4 nitrogen and oxygen atoms in total. The fraction of sp³-hybridized carbons (Fsp3) is 0.350. The zero-order valence-corrected chi connectivity index (χ0v) is 14.8. The number of amides is 1. The second kappa shape index (κ2) is 8.43. The number of alkyl halides is 3. The maximum Gasteiger partial charge on any atom is 0.416 e. The molecular weight excluding hydrogens is 357 g/mol. The zero-order chi connectivity index (χ0) is 19.3. The Kier molecular flexibility index (Phi) is 6.01. The third kappa shape index (κ3) is 5.47. The van der Waals surface area contributed by atoms with Crippen molar-refractivity contribution in [1.29, 1.82) is 0 Å². The Labute approximate surface area is 156 Å². The summed E-state index contributed by atoms with van der Waals surface area (Å²) in [6, 6.07) is 14.5. The summed E-state index contributed by atoms with van der Waals surface area (Å²) in [5.41, 5.74) is 0.499. The van der Waals surface area contributed by atoms with Gasteiger partial charge in [-0.25, -0.2) is 0 Å². The first-order valence-corrected chi connectivity index (χ1v) is 8.76. The molecule has 0 saturated carbocycles. The predicted molar refractivity (Wildman–Crippen MR) is 95.2 cm³/mol. The van der Waals surface area contributed by atoms with Gasteiger partial charge in [-0.15, -0.1) is 0 Å². The molecule has 2 aromatic carbocycles. The molecule has 0 N–H and O–H groups in total. The van der Waals surface area contributed by atoms with Crippen LogP contribution in [-0.2, 0) is 17.5 Å². The Morgan fingerprint density at radius 3 is 2.15 bits per heavy atom. The highest BCUT2D eigenvalue weighted by Crippen LogP contribution is 2.30. The second-order valence-corrected chi connectivity index (χ2v) is 6.45. The van der Waals surface area contributed by atoms with E-state index in [1.807, 2.05) is 18.2 Å². The van der Waals surface area contributed by atoms with Gasteiger partial charge in [0.05, 0.1) is 5.56 Å². The summed E-state index contributed by atoms with van der Waals surface area (Å²) in [5.74, 6) is 0.0910. The number of carbonyl (C=O) groups is 1. The minimum absolute atomic E-state index is 0.158. The smallest absolute Gasteiger partial charge is 0.416 e. The molecule has 0 atom stereocenters. The van der Waals surface area contributed by atoms with Gasteiger partial charge in [-0.1, -0.05) is 30.3 Å². The lowest BCUT2D eigenvalue weighted by Crippen LogP contribution is -2.49. The van der Waals surface area contributed by atoms with Gasteiger partial charge in [-0.3, -0.25) is 9.69 Å². The average Bonchev–Trinajstić information content (AvgIpc) is 2.67. The number of nitrogens with zero attached hydrogens (tertiary/aromatic N) is 2. The van der Waals surface area contributed by atoms with Gasteiger partial charge in [0.1, 0.15) is 5.75 Å². The Balaban J connectivity index is 1.43. The Bertz CT molecular complexity index is 740. The summed E-state index contributed by atoms with van der Waals surface area (Å²) in [6.07, 6.45) is -4.38. The average molecular weight is 378 g/mol. The van der Waals surface area contributed by atoms with Crippen molar-refractivity contribution in [2.45, 2.75) is 12.7 Å². The van der Waals surface area contributed by atoms with E-state index >= 15 is 0 Å². The monoisotopic (exact) mass is 378 g/mol. The van der Waals surface area contributed by atoms with Crippen molar-refractivity contribution < 1.29 is 22.7 Å². The van der Waals surface area contributed by atoms with Crippen LogP contribution in [0.4, 0.5) is 13.2 Å². The van der Waals surface area contributed by atoms with Crippen molar-refractivity contribution in [2.75, 3.05) is 32.8 Å². The highest BCUT2D eigenvalue weighted by molar-refractivity contribution is 5.77. The fourth-order valence-electron chi connectivity index (χ4n) is 2.97. The van der Waals surface area contributed by atoms with E-state index in [1.54, 1.807) is 4.90 Å². The van der Waals surface area contributed by atoms with E-state index in [0.29, 0.717) is 13.1 Å². The summed E-state index contributed by atoms with van der Waals surface area (Å²) in [7, 11) is 0. The lowest BCUT2D eigenvalue weighted by Gasteiger charge is -2.34. The largest absolute Gasteiger partial charge is 0.484 e. The van der Waals surface area contributed by atoms with Crippen LogP contribution in [0, 0.1) is 0 Å². The molecule has 1 saturated heterocycles. The van der Waals surface area contributed by atoms with Crippen LogP contribution in [0.1, 0.15) is 11.1 Å². The van der Waals surface area contributed by atoms with Crippen LogP contribution in [0.5, 0.6) is 5.75 Å². The number of carbonyl (C=O) groups excluding carboxylic acids is 1. The molecule has 1 heterocycles. The minimum atomic E-state index is -4.38. The van der Waals surface area contributed by atoms with Gasteiger partial charge < -0.3 is 9.64 Å². The molecule has 1 aliphatic rings. The number of hydrogen-bond acceptors (Lipinski definition) is 3. The van der Waals surface area contributed by atoms with Gasteiger partial charge in [0, 0.05) is 32.7 Å². The van der Waals surface area contributed by atoms with Crippen molar-refractivity contribution in [1.82, 2.24) is 9.80 Å². The number of ether oxygens (including phenoxy) is 1. The van der Waals surface area contributed by atoms with Crippen LogP contribution in [-0.4, -0.2) is 48.5 Å². The maximum atomic E-state index is 12.5. The quantitative estimate of drug-likeness (QED) is 0.799. The molecule has 0 spiro atoms. The highest BCUT2D eigenvalue weighted by Gasteiger charge is 2.30. The van der Waals surface area contributed by atoms with E-state index in [-0.39, 0.29) is 18.3 Å². The third-order valence-electron chi connectivity index (χ3n) is 4.52. The predicted octanol–water partition coefficient (Wildman–Crippen LogP) is 3.43. The van der Waals surface area contributed by atoms with Crippen molar-refractivity contribution in [2.24, 2.45) is 0 Å². The summed E-state index contributed by atoms with van der Waals surface area (Å²) in [4.78, 5) is 16.3. The van der Waals surface area contributed by atoms with E-state index in [0.717, 1.165) is 31.8 Å². The number of halogens is 3. The van der Waals surface area contributed by atoms with E-state index in [9.17, 15) is 18.0 Å². The molecule has 3 rings (SSSR count). The van der Waals surface area contributed by atoms with Crippen molar-refractivity contribution in [3.05, 3.63) is 65.7 Å². The maximum absolute atomic E-state index is 12.5. The van der Waals surface area contributed by atoms with Gasteiger partial charge in [0.2, 0.25) is 0 Å². The molecule has 0 bridgehead atoms. The zero-order valence-electron chi connectivity index (χ0n) is 14.8. The third-order valence-corrected chi connectivity index (χ3v) is 4.52. The summed E-state index contributed by atoms with van der Waals surface area (Å²) >= 11 is 0. The van der Waals surface area contributed by atoms with Crippen LogP contribution in [0.25, 0.3) is 0 Å². The standard InChI is InChI=1S/C20H21F3N2O2/c21-20(22,23)17-6-8-18(9-7-17)27-15-19(26)25-12-10-24(11-13-25)14-16-4-2-1-3-5-16/h1-9H,10-15H2. The van der Waals surface area contributed by atoms with Gasteiger partial charge in [0.25, 0.3) is 5.91 Å². The molecule has 7 heteroatoms. The second-order valence-electron chi connectivity index (χ2n) is 6.45. The minimum Gasteiger partial charge on any atom is -0.484 e. The number of piperazine rings is 1. The number of hydrogen-bond donors (Lipinski definition) is 0. The number of benzene rings is 2. The Morgan fingerprint density at radius 2 is 1.56 bits per heavy atom. The number of rotatable bonds is 5. The first kappa shape index (κ1) is 19.2. The molecule has 1 fully saturated rings. The van der Waals surface area contributed by atoms with Gasteiger partial charge in [0.15, 0.2) is 6.61 Å². The molecule has 2 aromatic rings. The molecule has 0 aromatic heterocycles. The summed E-state index contributed by atoms with van der Waals surface area (Å²) < 4.78 is 43.0. The SMILES string of the molecule is O=C(COc1ccc(C(F)(F)F)cc1)N1CCN(Cc2ccccc2)CC1. The van der Waals surface area contributed by atoms with Crippen molar-refractivity contribution >= 4 is 5.91 Å². The van der Waals surface area contributed by atoms with Crippen molar-refractivity contribution in [3.63, 3.8) is 0 Å². The van der Waals surface area contributed by atoms with E-state index in [2.05, 4.69) is 17.0 Å². The van der Waals surface area contributed by atoms with E-state index in [1.165, 1.54) is 17.7 Å².